The van der Waals surface area contributed by atoms with Crippen molar-refractivity contribution in [3.8, 4) is 22.4 Å². The summed E-state index contributed by atoms with van der Waals surface area (Å²) in [7, 11) is 1.72. The molecule has 0 spiro atoms. The highest BCUT2D eigenvalue weighted by Crippen LogP contribution is 2.42. The quantitative estimate of drug-likeness (QED) is 0.331. The molecule has 3 aromatic rings. The fourth-order valence-corrected chi connectivity index (χ4v) is 7.14. The van der Waals surface area contributed by atoms with Crippen molar-refractivity contribution in [2.24, 2.45) is 11.8 Å². The molecular weight excluding hydrogens is 543 g/mol. The average Bonchev–Trinajstić information content (AvgIpc) is 3.51. The van der Waals surface area contributed by atoms with Crippen LogP contribution in [0.1, 0.15) is 63.4 Å². The number of carboxylic acids is 1. The first-order valence-corrected chi connectivity index (χ1v) is 15.2. The number of rotatable bonds is 9. The van der Waals surface area contributed by atoms with E-state index in [9.17, 15) is 19.5 Å². The number of benzene rings is 1. The Morgan fingerprint density at radius 3 is 2.59 bits per heavy atom. The lowest BCUT2D eigenvalue weighted by Crippen LogP contribution is -2.39. The van der Waals surface area contributed by atoms with Crippen LogP contribution in [0.5, 0.6) is 0 Å². The van der Waals surface area contributed by atoms with Crippen molar-refractivity contribution in [3.63, 3.8) is 0 Å². The number of halogens is 1. The van der Waals surface area contributed by atoms with Crippen molar-refractivity contribution in [3.05, 3.63) is 47.2 Å². The molecule has 3 aliphatic rings. The number of hydrogen-bond donors (Lipinski definition) is 1. The number of anilines is 2. The largest absolute Gasteiger partial charge is 0.481 e. The predicted molar refractivity (Wildman–Crippen MR) is 155 cm³/mol. The van der Waals surface area contributed by atoms with Gasteiger partial charge in [0.15, 0.2) is 5.13 Å². The van der Waals surface area contributed by atoms with Gasteiger partial charge in [0.2, 0.25) is 16.9 Å². The highest BCUT2D eigenvalue weighted by atomic mass is 32.1. The number of thiazole rings is 1. The Kier molecular flexibility index (Phi) is 7.59. The van der Waals surface area contributed by atoms with Gasteiger partial charge in [0, 0.05) is 42.8 Å². The molecule has 1 unspecified atom stereocenters. The molecule has 2 aromatic heterocycles. The van der Waals surface area contributed by atoms with E-state index in [0.29, 0.717) is 36.6 Å². The summed E-state index contributed by atoms with van der Waals surface area (Å²) < 4.78 is 15.7. The molecule has 41 heavy (non-hydrogen) atoms. The molecule has 1 aliphatic heterocycles. The third-order valence-corrected chi connectivity index (χ3v) is 9.37. The number of aryl methyl sites for hydroxylation is 1. The van der Waals surface area contributed by atoms with Crippen LogP contribution < -0.4 is 9.80 Å². The second kappa shape index (κ2) is 11.3. The van der Waals surface area contributed by atoms with Crippen molar-refractivity contribution in [1.82, 2.24) is 9.97 Å². The van der Waals surface area contributed by atoms with Crippen molar-refractivity contribution < 1.29 is 23.9 Å². The van der Waals surface area contributed by atoms with Crippen LogP contribution in [0.25, 0.3) is 22.4 Å². The van der Waals surface area contributed by atoms with Crippen LogP contribution in [0, 0.1) is 17.0 Å². The molecule has 1 aromatic carbocycles. The van der Waals surface area contributed by atoms with Gasteiger partial charge in [-0.15, -0.1) is 0 Å². The van der Waals surface area contributed by atoms with Crippen LogP contribution >= 0.6 is 11.3 Å². The highest BCUT2D eigenvalue weighted by Gasteiger charge is 2.40. The van der Waals surface area contributed by atoms with Crippen molar-refractivity contribution in [1.29, 1.82) is 0 Å². The van der Waals surface area contributed by atoms with Crippen LogP contribution in [-0.4, -0.2) is 45.9 Å². The molecule has 2 saturated carbocycles. The van der Waals surface area contributed by atoms with Crippen molar-refractivity contribution in [2.75, 3.05) is 16.8 Å². The molecule has 6 rings (SSSR count). The lowest BCUT2D eigenvalue weighted by Gasteiger charge is -2.26. The molecular formula is C31H33FN4O4S. The summed E-state index contributed by atoms with van der Waals surface area (Å²) in [6.07, 6.45) is 8.85. The summed E-state index contributed by atoms with van der Waals surface area (Å²) in [6, 6.07) is 9.31. The fraction of sp³-hybridized carbons (Fsp3) is 0.452. The number of fused-ring (bicyclic) bond motifs is 1. The fourth-order valence-electron chi connectivity index (χ4n) is 6.26. The van der Waals surface area contributed by atoms with E-state index in [1.54, 1.807) is 23.0 Å². The number of carboxylic acid groups (broad SMARTS) is 1. The van der Waals surface area contributed by atoms with Gasteiger partial charge in [0.25, 0.3) is 0 Å². The lowest BCUT2D eigenvalue weighted by atomic mass is 9.90. The second-order valence-corrected chi connectivity index (χ2v) is 12.4. The summed E-state index contributed by atoms with van der Waals surface area (Å²) >= 11 is 0.840. The number of hydrogen-bond acceptors (Lipinski definition) is 6. The number of carbonyl (C=O) groups is 3. The van der Waals surface area contributed by atoms with Gasteiger partial charge in [-0.1, -0.05) is 61.3 Å². The van der Waals surface area contributed by atoms with Crippen LogP contribution in [0.4, 0.5) is 15.3 Å². The Balaban J connectivity index is 1.33. The van der Waals surface area contributed by atoms with Crippen molar-refractivity contribution in [2.45, 2.75) is 70.3 Å². The van der Waals surface area contributed by atoms with Gasteiger partial charge in [-0.05, 0) is 48.8 Å². The normalized spacial score (nSPS) is 17.9. The van der Waals surface area contributed by atoms with E-state index in [-0.39, 0.29) is 35.1 Å². The summed E-state index contributed by atoms with van der Waals surface area (Å²) in [4.78, 5) is 50.0. The van der Waals surface area contributed by atoms with E-state index < -0.39 is 17.0 Å². The Labute approximate surface area is 242 Å². The smallest absolute Gasteiger partial charge is 0.304 e. The maximum absolute atomic E-state index is 15.7. The standard InChI is InChI=1S/C31H33FN4O4S/c1-35-25(37)13-10-19-15-21(17-33-29(19)35)23-8-4-5-9-24(23)27-28(32)41-31(34-27)36(22-11-12-22)30(40)20(16-26(38)39)14-18-6-2-3-7-18/h4-5,8-9,15,17-18,20,22H,2-3,6-7,10-14,16H2,1H3,(H,38,39). The molecule has 8 nitrogen and oxygen atoms in total. The molecule has 0 saturated heterocycles. The average molecular weight is 577 g/mol. The van der Waals surface area contributed by atoms with E-state index in [4.69, 9.17) is 0 Å². The lowest BCUT2D eigenvalue weighted by molar-refractivity contribution is -0.141. The molecule has 0 radical (unpaired) electrons. The summed E-state index contributed by atoms with van der Waals surface area (Å²) in [5.41, 5.74) is 3.26. The number of nitrogens with zero attached hydrogens (tertiary/aromatic N) is 4. The molecule has 2 fully saturated rings. The van der Waals surface area contributed by atoms with Gasteiger partial charge < -0.3 is 5.11 Å². The first-order chi connectivity index (χ1) is 19.8. The molecule has 2 amide bonds. The topological polar surface area (TPSA) is 104 Å². The summed E-state index contributed by atoms with van der Waals surface area (Å²) in [6.45, 7) is 0. The molecule has 0 bridgehead atoms. The second-order valence-electron chi connectivity index (χ2n) is 11.4. The van der Waals surface area contributed by atoms with E-state index in [0.717, 1.165) is 66.6 Å². The van der Waals surface area contributed by atoms with Crippen LogP contribution in [0.15, 0.2) is 36.5 Å². The van der Waals surface area contributed by atoms with Crippen LogP contribution in [0.3, 0.4) is 0 Å². The zero-order valence-corrected chi connectivity index (χ0v) is 23.8. The highest BCUT2D eigenvalue weighted by molar-refractivity contribution is 7.14. The van der Waals surface area contributed by atoms with Gasteiger partial charge in [0.1, 0.15) is 11.5 Å². The maximum atomic E-state index is 15.7. The van der Waals surface area contributed by atoms with Crippen LogP contribution in [0.2, 0.25) is 0 Å². The van der Waals surface area contributed by atoms with Crippen LogP contribution in [-0.2, 0) is 20.8 Å². The molecule has 3 heterocycles. The Morgan fingerprint density at radius 1 is 1.15 bits per heavy atom. The third kappa shape index (κ3) is 5.62. The molecule has 2 aliphatic carbocycles. The maximum Gasteiger partial charge on any atom is 0.304 e. The van der Waals surface area contributed by atoms with E-state index in [1.807, 2.05) is 30.3 Å². The summed E-state index contributed by atoms with van der Waals surface area (Å²) in [5.74, 6) is -0.886. The molecule has 214 valence electrons. The molecule has 10 heteroatoms. The first kappa shape index (κ1) is 27.5. The Hall–Kier alpha value is -3.66. The minimum absolute atomic E-state index is 0.0267. The number of aromatic nitrogens is 2. The van der Waals surface area contributed by atoms with Crippen molar-refractivity contribution >= 4 is 40.1 Å². The Bertz CT molecular complexity index is 1500. The Morgan fingerprint density at radius 2 is 1.88 bits per heavy atom. The number of pyridine rings is 1. The van der Waals surface area contributed by atoms with E-state index >= 15 is 4.39 Å². The number of carbonyl (C=O) groups excluding carboxylic acids is 2. The van der Waals surface area contributed by atoms with Gasteiger partial charge in [0.05, 0.1) is 6.42 Å². The minimum Gasteiger partial charge on any atom is -0.481 e. The van der Waals surface area contributed by atoms with E-state index in [1.165, 1.54) is 0 Å². The minimum atomic E-state index is -0.994. The molecule has 1 N–H and O–H groups in total. The number of aliphatic carboxylic acids is 1. The predicted octanol–water partition coefficient (Wildman–Crippen LogP) is 6.09. The molecule has 1 atom stereocenters. The third-order valence-electron chi connectivity index (χ3n) is 8.53. The number of amides is 2. The van der Waals surface area contributed by atoms with E-state index in [2.05, 4.69) is 9.97 Å². The first-order valence-electron chi connectivity index (χ1n) is 14.4. The zero-order chi connectivity index (χ0) is 28.7. The van der Waals surface area contributed by atoms with Gasteiger partial charge in [-0.2, -0.15) is 4.39 Å². The zero-order valence-electron chi connectivity index (χ0n) is 23.0. The van der Waals surface area contributed by atoms with Gasteiger partial charge in [-0.3, -0.25) is 24.2 Å². The SMILES string of the molecule is CN1C(=O)CCc2cc(-c3ccccc3-c3nc(N(C(=O)C(CC(=O)O)CC4CCCC4)C4CC4)sc3F)cnc21. The monoisotopic (exact) mass is 576 g/mol. The summed E-state index contributed by atoms with van der Waals surface area (Å²) in [5, 5.41) is 9.37. The van der Waals surface area contributed by atoms with Gasteiger partial charge in [-0.25, -0.2) is 9.97 Å². The van der Waals surface area contributed by atoms with Gasteiger partial charge >= 0.3 is 5.97 Å².